The van der Waals surface area contributed by atoms with E-state index in [1.807, 2.05) is 35.0 Å². The standard InChI is InChI=1S/C15H17NO2/c1-18-15(17)14-10-6-12-16(14)11-5-9-13-7-3-2-4-8-13/h2-4,6-8,10,12H,5,9,11H2,1H3. The van der Waals surface area contributed by atoms with Gasteiger partial charge in [0, 0.05) is 12.7 Å². The number of hydrogen-bond donors (Lipinski definition) is 0. The smallest absolute Gasteiger partial charge is 0.354 e. The Morgan fingerprint density at radius 2 is 1.94 bits per heavy atom. The normalized spacial score (nSPS) is 10.3. The van der Waals surface area contributed by atoms with Crippen LogP contribution in [0.1, 0.15) is 22.5 Å². The lowest BCUT2D eigenvalue weighted by atomic mass is 10.1. The molecule has 94 valence electrons. The fourth-order valence-corrected chi connectivity index (χ4v) is 2.00. The Balaban J connectivity index is 1.91. The van der Waals surface area contributed by atoms with Crippen molar-refractivity contribution in [3.05, 3.63) is 59.9 Å². The van der Waals surface area contributed by atoms with Crippen LogP contribution < -0.4 is 0 Å². The Bertz CT molecular complexity index is 502. The van der Waals surface area contributed by atoms with Crippen LogP contribution >= 0.6 is 0 Å². The monoisotopic (exact) mass is 243 g/mol. The molecule has 0 aliphatic heterocycles. The second-order valence-electron chi connectivity index (χ2n) is 4.17. The summed E-state index contributed by atoms with van der Waals surface area (Å²) in [6.07, 6.45) is 3.93. The molecule has 0 aliphatic rings. The zero-order valence-corrected chi connectivity index (χ0v) is 10.5. The predicted molar refractivity (Wildman–Crippen MR) is 70.5 cm³/mol. The zero-order chi connectivity index (χ0) is 12.8. The number of aryl methyl sites for hydroxylation is 2. The highest BCUT2D eigenvalue weighted by Gasteiger charge is 2.09. The van der Waals surface area contributed by atoms with Crippen LogP contribution in [0, 0.1) is 0 Å². The molecule has 0 amide bonds. The summed E-state index contributed by atoms with van der Waals surface area (Å²) < 4.78 is 6.68. The van der Waals surface area contributed by atoms with Gasteiger partial charge in [-0.05, 0) is 30.5 Å². The van der Waals surface area contributed by atoms with Gasteiger partial charge in [0.25, 0.3) is 0 Å². The SMILES string of the molecule is COC(=O)c1cccn1CCCc1ccccc1. The van der Waals surface area contributed by atoms with Crippen molar-refractivity contribution in [2.45, 2.75) is 19.4 Å². The highest BCUT2D eigenvalue weighted by Crippen LogP contribution is 2.08. The van der Waals surface area contributed by atoms with E-state index in [2.05, 4.69) is 12.1 Å². The molecule has 2 aromatic rings. The molecule has 0 N–H and O–H groups in total. The Morgan fingerprint density at radius 3 is 2.67 bits per heavy atom. The number of aromatic nitrogens is 1. The van der Waals surface area contributed by atoms with Gasteiger partial charge >= 0.3 is 5.97 Å². The van der Waals surface area contributed by atoms with Crippen LogP contribution in [0.5, 0.6) is 0 Å². The highest BCUT2D eigenvalue weighted by atomic mass is 16.5. The van der Waals surface area contributed by atoms with Crippen molar-refractivity contribution in [2.24, 2.45) is 0 Å². The van der Waals surface area contributed by atoms with Gasteiger partial charge < -0.3 is 9.30 Å². The molecule has 0 unspecified atom stereocenters. The summed E-state index contributed by atoms with van der Waals surface area (Å²) in [5, 5.41) is 0. The lowest BCUT2D eigenvalue weighted by Crippen LogP contribution is -2.10. The second kappa shape index (κ2) is 6.05. The van der Waals surface area contributed by atoms with Crippen LogP contribution in [0.25, 0.3) is 0 Å². The minimum atomic E-state index is -0.278. The molecule has 1 aromatic heterocycles. The Kier molecular flexibility index (Phi) is 4.18. The molecule has 0 radical (unpaired) electrons. The van der Waals surface area contributed by atoms with Crippen molar-refractivity contribution in [2.75, 3.05) is 7.11 Å². The maximum atomic E-state index is 11.5. The average Bonchev–Trinajstić information content (AvgIpc) is 2.87. The van der Waals surface area contributed by atoms with Gasteiger partial charge in [0.1, 0.15) is 5.69 Å². The summed E-state index contributed by atoms with van der Waals surface area (Å²) in [4.78, 5) is 11.5. The number of ether oxygens (including phenoxy) is 1. The maximum Gasteiger partial charge on any atom is 0.354 e. The molecular formula is C15H17NO2. The molecule has 3 heteroatoms. The summed E-state index contributed by atoms with van der Waals surface area (Å²) in [6.45, 7) is 0.826. The van der Waals surface area contributed by atoms with Gasteiger partial charge in [-0.15, -0.1) is 0 Å². The van der Waals surface area contributed by atoms with Crippen LogP contribution in [0.15, 0.2) is 48.7 Å². The second-order valence-corrected chi connectivity index (χ2v) is 4.17. The average molecular weight is 243 g/mol. The maximum absolute atomic E-state index is 11.5. The van der Waals surface area contributed by atoms with E-state index < -0.39 is 0 Å². The molecular weight excluding hydrogens is 226 g/mol. The summed E-state index contributed by atoms with van der Waals surface area (Å²) in [5.41, 5.74) is 1.94. The summed E-state index contributed by atoms with van der Waals surface area (Å²) in [7, 11) is 1.41. The Labute approximate surface area is 107 Å². The molecule has 0 aliphatic carbocycles. The molecule has 3 nitrogen and oxygen atoms in total. The van der Waals surface area contributed by atoms with Crippen molar-refractivity contribution in [3.8, 4) is 0 Å². The van der Waals surface area contributed by atoms with E-state index in [0.717, 1.165) is 19.4 Å². The van der Waals surface area contributed by atoms with E-state index in [0.29, 0.717) is 5.69 Å². The third-order valence-corrected chi connectivity index (χ3v) is 2.93. The minimum Gasteiger partial charge on any atom is -0.464 e. The van der Waals surface area contributed by atoms with E-state index in [1.54, 1.807) is 6.07 Å². The Morgan fingerprint density at radius 1 is 1.17 bits per heavy atom. The molecule has 2 rings (SSSR count). The minimum absolute atomic E-state index is 0.278. The number of benzene rings is 1. The van der Waals surface area contributed by atoms with Crippen LogP contribution in [-0.2, 0) is 17.7 Å². The van der Waals surface area contributed by atoms with Gasteiger partial charge in [-0.3, -0.25) is 0 Å². The van der Waals surface area contributed by atoms with E-state index in [4.69, 9.17) is 4.74 Å². The molecule has 1 aromatic carbocycles. The van der Waals surface area contributed by atoms with Crippen molar-refractivity contribution < 1.29 is 9.53 Å². The molecule has 0 atom stereocenters. The number of nitrogens with zero attached hydrogens (tertiary/aromatic N) is 1. The number of carbonyl (C=O) groups excluding carboxylic acids is 1. The lowest BCUT2D eigenvalue weighted by Gasteiger charge is -2.07. The topological polar surface area (TPSA) is 31.2 Å². The largest absolute Gasteiger partial charge is 0.464 e. The van der Waals surface area contributed by atoms with Gasteiger partial charge in [-0.25, -0.2) is 4.79 Å². The first-order chi connectivity index (χ1) is 8.81. The summed E-state index contributed by atoms with van der Waals surface area (Å²) in [6, 6.07) is 14.0. The van der Waals surface area contributed by atoms with Crippen molar-refractivity contribution in [1.29, 1.82) is 0 Å². The van der Waals surface area contributed by atoms with Crippen LogP contribution in [-0.4, -0.2) is 17.6 Å². The number of carbonyl (C=O) groups is 1. The fraction of sp³-hybridized carbons (Fsp3) is 0.267. The molecule has 0 fully saturated rings. The summed E-state index contributed by atoms with van der Waals surface area (Å²) >= 11 is 0. The number of hydrogen-bond acceptors (Lipinski definition) is 2. The van der Waals surface area contributed by atoms with Crippen LogP contribution in [0.3, 0.4) is 0 Å². The molecule has 0 bridgehead atoms. The molecule has 0 saturated carbocycles. The van der Waals surface area contributed by atoms with Gasteiger partial charge in [-0.2, -0.15) is 0 Å². The first kappa shape index (κ1) is 12.4. The van der Waals surface area contributed by atoms with Crippen molar-refractivity contribution in [1.82, 2.24) is 4.57 Å². The number of methoxy groups -OCH3 is 1. The van der Waals surface area contributed by atoms with Crippen LogP contribution in [0.2, 0.25) is 0 Å². The summed E-state index contributed by atoms with van der Waals surface area (Å²) in [5.74, 6) is -0.278. The van der Waals surface area contributed by atoms with E-state index in [-0.39, 0.29) is 5.97 Å². The van der Waals surface area contributed by atoms with E-state index in [1.165, 1.54) is 12.7 Å². The van der Waals surface area contributed by atoms with Gasteiger partial charge in [0.05, 0.1) is 7.11 Å². The highest BCUT2D eigenvalue weighted by molar-refractivity contribution is 5.87. The number of esters is 1. The van der Waals surface area contributed by atoms with Crippen molar-refractivity contribution >= 4 is 5.97 Å². The first-order valence-electron chi connectivity index (χ1n) is 6.08. The predicted octanol–water partition coefficient (Wildman–Crippen LogP) is 2.91. The number of rotatable bonds is 5. The molecule has 18 heavy (non-hydrogen) atoms. The van der Waals surface area contributed by atoms with Gasteiger partial charge in [0.2, 0.25) is 0 Å². The van der Waals surface area contributed by atoms with E-state index >= 15 is 0 Å². The molecule has 0 spiro atoms. The molecule has 0 saturated heterocycles. The third-order valence-electron chi connectivity index (χ3n) is 2.93. The fourth-order valence-electron chi connectivity index (χ4n) is 2.00. The zero-order valence-electron chi connectivity index (χ0n) is 10.5. The lowest BCUT2D eigenvalue weighted by molar-refractivity contribution is 0.0588. The van der Waals surface area contributed by atoms with Crippen molar-refractivity contribution in [3.63, 3.8) is 0 Å². The van der Waals surface area contributed by atoms with E-state index in [9.17, 15) is 4.79 Å². The quantitative estimate of drug-likeness (QED) is 0.756. The van der Waals surface area contributed by atoms with Crippen LogP contribution in [0.4, 0.5) is 0 Å². The van der Waals surface area contributed by atoms with Gasteiger partial charge in [0.15, 0.2) is 0 Å². The Hall–Kier alpha value is -2.03. The third kappa shape index (κ3) is 3.00. The first-order valence-corrected chi connectivity index (χ1v) is 6.08. The van der Waals surface area contributed by atoms with Gasteiger partial charge in [-0.1, -0.05) is 30.3 Å². The molecule has 1 heterocycles.